The van der Waals surface area contributed by atoms with Gasteiger partial charge < -0.3 is 10.2 Å². The maximum absolute atomic E-state index is 13.6. The molecule has 6 nitrogen and oxygen atoms in total. The Kier molecular flexibility index (Phi) is 7.50. The van der Waals surface area contributed by atoms with E-state index in [2.05, 4.69) is 10.0 Å². The fourth-order valence-corrected chi connectivity index (χ4v) is 4.46. The largest absolute Gasteiger partial charge is 0.350 e. The number of nitrogens with zero attached hydrogens (tertiary/aromatic N) is 1. The van der Waals surface area contributed by atoms with Crippen LogP contribution < -0.4 is 10.0 Å². The van der Waals surface area contributed by atoms with Gasteiger partial charge in [0.1, 0.15) is 5.82 Å². The number of anilines is 1. The highest BCUT2D eigenvalue weighted by Gasteiger charge is 2.19. The summed E-state index contributed by atoms with van der Waals surface area (Å²) in [6, 6.07) is 18.0. The quantitative estimate of drug-likeness (QED) is 0.508. The zero-order valence-corrected chi connectivity index (χ0v) is 19.1. The molecule has 3 aromatic rings. The van der Waals surface area contributed by atoms with Crippen LogP contribution in [0.15, 0.2) is 77.7 Å². The van der Waals surface area contributed by atoms with E-state index in [1.165, 1.54) is 42.5 Å². The molecule has 0 spiro atoms. The predicted molar refractivity (Wildman–Crippen MR) is 124 cm³/mol. The number of benzene rings is 3. The van der Waals surface area contributed by atoms with E-state index in [1.54, 1.807) is 30.3 Å². The Balaban J connectivity index is 1.74. The summed E-state index contributed by atoms with van der Waals surface area (Å²) in [5.74, 6) is -0.793. The van der Waals surface area contributed by atoms with Crippen LogP contribution in [0, 0.1) is 5.82 Å². The molecule has 0 fully saturated rings. The molecule has 168 valence electrons. The van der Waals surface area contributed by atoms with Gasteiger partial charge in [-0.1, -0.05) is 35.9 Å². The number of likely N-dealkylation sites (N-methyl/N-ethyl adjacent to an activating group) is 1. The molecule has 0 aliphatic heterocycles. The molecule has 9 heteroatoms. The Morgan fingerprint density at radius 1 is 1.03 bits per heavy atom. The third-order valence-electron chi connectivity index (χ3n) is 4.80. The number of rotatable bonds is 8. The molecule has 32 heavy (non-hydrogen) atoms. The molecule has 0 saturated carbocycles. The fraction of sp³-hybridized carbons (Fsp3) is 0.174. The lowest BCUT2D eigenvalue weighted by atomic mass is 10.1. The number of hydrogen-bond acceptors (Lipinski definition) is 4. The summed E-state index contributed by atoms with van der Waals surface area (Å²) < 4.78 is 41.5. The lowest BCUT2D eigenvalue weighted by Crippen LogP contribution is -2.34. The normalized spacial score (nSPS) is 12.4. The first-order valence-corrected chi connectivity index (χ1v) is 11.6. The molecule has 0 aromatic heterocycles. The van der Waals surface area contributed by atoms with E-state index in [4.69, 9.17) is 11.6 Å². The number of nitrogens with one attached hydrogen (secondary N) is 2. The van der Waals surface area contributed by atoms with Gasteiger partial charge in [-0.15, -0.1) is 0 Å². The molecule has 0 aliphatic rings. The van der Waals surface area contributed by atoms with Gasteiger partial charge in [0.25, 0.3) is 15.9 Å². The Labute approximate surface area is 192 Å². The first-order valence-electron chi connectivity index (χ1n) is 9.74. The van der Waals surface area contributed by atoms with E-state index in [1.807, 2.05) is 19.0 Å². The average Bonchev–Trinajstić information content (AvgIpc) is 2.73. The smallest absolute Gasteiger partial charge is 0.261 e. The molecular formula is C23H23ClFN3O3S. The van der Waals surface area contributed by atoms with Gasteiger partial charge in [-0.25, -0.2) is 12.8 Å². The monoisotopic (exact) mass is 475 g/mol. The molecule has 0 bridgehead atoms. The summed E-state index contributed by atoms with van der Waals surface area (Å²) in [6.07, 6.45) is 0. The second kappa shape index (κ2) is 10.1. The Hall–Kier alpha value is -2.94. The number of halogens is 2. The van der Waals surface area contributed by atoms with Crippen molar-refractivity contribution in [2.75, 3.05) is 25.4 Å². The van der Waals surface area contributed by atoms with Crippen molar-refractivity contribution in [3.8, 4) is 0 Å². The molecule has 1 amide bonds. The van der Waals surface area contributed by atoms with Gasteiger partial charge in [0.05, 0.1) is 16.6 Å². The second-order valence-corrected chi connectivity index (χ2v) is 9.51. The van der Waals surface area contributed by atoms with Gasteiger partial charge in [0.2, 0.25) is 0 Å². The minimum atomic E-state index is -3.92. The van der Waals surface area contributed by atoms with Crippen molar-refractivity contribution >= 4 is 33.2 Å². The summed E-state index contributed by atoms with van der Waals surface area (Å²) in [4.78, 5) is 14.5. The summed E-state index contributed by atoms with van der Waals surface area (Å²) in [5, 5.41) is 3.19. The first-order chi connectivity index (χ1) is 15.2. The highest BCUT2D eigenvalue weighted by atomic mass is 35.5. The summed E-state index contributed by atoms with van der Waals surface area (Å²) >= 11 is 5.91. The molecule has 1 atom stereocenters. The predicted octanol–water partition coefficient (Wildman–Crippen LogP) is 4.31. The second-order valence-electron chi connectivity index (χ2n) is 7.39. The average molecular weight is 476 g/mol. The van der Waals surface area contributed by atoms with E-state index in [0.29, 0.717) is 10.7 Å². The van der Waals surface area contributed by atoms with Crippen molar-refractivity contribution in [1.29, 1.82) is 0 Å². The maximum Gasteiger partial charge on any atom is 0.261 e. The van der Waals surface area contributed by atoms with Crippen molar-refractivity contribution in [3.63, 3.8) is 0 Å². The SMILES string of the molecule is CN(C)C(CNC(=O)c1cccc(S(=O)(=O)Nc2cccc(Cl)c2)c1)c1cccc(F)c1. The zero-order valence-electron chi connectivity index (χ0n) is 17.5. The van der Waals surface area contributed by atoms with E-state index in [-0.39, 0.29) is 28.9 Å². The molecule has 1 unspecified atom stereocenters. The van der Waals surface area contributed by atoms with Crippen molar-refractivity contribution in [1.82, 2.24) is 10.2 Å². The van der Waals surface area contributed by atoms with Crippen molar-refractivity contribution < 1.29 is 17.6 Å². The highest BCUT2D eigenvalue weighted by Crippen LogP contribution is 2.21. The number of amides is 1. The van der Waals surface area contributed by atoms with Gasteiger partial charge >= 0.3 is 0 Å². The van der Waals surface area contributed by atoms with E-state index >= 15 is 0 Å². The van der Waals surface area contributed by atoms with Gasteiger partial charge in [0, 0.05) is 17.1 Å². The summed E-state index contributed by atoms with van der Waals surface area (Å²) in [5.41, 5.74) is 1.23. The van der Waals surface area contributed by atoms with Crippen LogP contribution in [-0.4, -0.2) is 39.9 Å². The molecule has 2 N–H and O–H groups in total. The Bertz CT molecular complexity index is 1220. The summed E-state index contributed by atoms with van der Waals surface area (Å²) in [6.45, 7) is 0.215. The lowest BCUT2D eigenvalue weighted by Gasteiger charge is -2.25. The molecular weight excluding hydrogens is 453 g/mol. The standard InChI is InChI=1S/C23H23ClFN3O3S/c1-28(2)22(16-6-3-9-19(25)12-16)15-26-23(29)17-7-4-11-21(13-17)32(30,31)27-20-10-5-8-18(24)14-20/h3-14,22,27H,15H2,1-2H3,(H,26,29). The topological polar surface area (TPSA) is 78.5 Å². The first kappa shape index (κ1) is 23.7. The van der Waals surface area contributed by atoms with Gasteiger partial charge in [-0.2, -0.15) is 0 Å². The van der Waals surface area contributed by atoms with Crippen LogP contribution in [0.3, 0.4) is 0 Å². The van der Waals surface area contributed by atoms with Crippen molar-refractivity contribution in [2.45, 2.75) is 10.9 Å². The van der Waals surface area contributed by atoms with E-state index < -0.39 is 15.9 Å². The van der Waals surface area contributed by atoms with Crippen LogP contribution in [0.5, 0.6) is 0 Å². The molecule has 3 rings (SSSR count). The van der Waals surface area contributed by atoms with E-state index in [0.717, 1.165) is 5.56 Å². The van der Waals surface area contributed by atoms with Crippen LogP contribution in [-0.2, 0) is 10.0 Å². The van der Waals surface area contributed by atoms with Crippen LogP contribution in [0.25, 0.3) is 0 Å². The Morgan fingerprint density at radius 2 is 1.75 bits per heavy atom. The number of hydrogen-bond donors (Lipinski definition) is 2. The molecule has 0 saturated heterocycles. The Morgan fingerprint density at radius 3 is 2.44 bits per heavy atom. The third kappa shape index (κ3) is 6.06. The lowest BCUT2D eigenvalue weighted by molar-refractivity contribution is 0.0941. The van der Waals surface area contributed by atoms with Crippen LogP contribution in [0.4, 0.5) is 10.1 Å². The minimum absolute atomic E-state index is 0.0561. The van der Waals surface area contributed by atoms with Crippen LogP contribution >= 0.6 is 11.6 Å². The third-order valence-corrected chi connectivity index (χ3v) is 6.41. The van der Waals surface area contributed by atoms with Gasteiger partial charge in [0.15, 0.2) is 0 Å². The molecule has 0 aliphatic carbocycles. The highest BCUT2D eigenvalue weighted by molar-refractivity contribution is 7.92. The molecule has 3 aromatic carbocycles. The number of carbonyl (C=O) groups is 1. The van der Waals surface area contributed by atoms with Crippen molar-refractivity contribution in [3.05, 3.63) is 94.8 Å². The maximum atomic E-state index is 13.6. The summed E-state index contributed by atoms with van der Waals surface area (Å²) in [7, 11) is -0.258. The zero-order chi connectivity index (χ0) is 23.3. The number of carbonyl (C=O) groups excluding carboxylic acids is 1. The minimum Gasteiger partial charge on any atom is -0.350 e. The van der Waals surface area contributed by atoms with Gasteiger partial charge in [-0.3, -0.25) is 9.52 Å². The number of sulfonamides is 1. The van der Waals surface area contributed by atoms with Gasteiger partial charge in [-0.05, 0) is 68.2 Å². The molecule has 0 radical (unpaired) electrons. The van der Waals surface area contributed by atoms with Crippen LogP contribution in [0.2, 0.25) is 5.02 Å². The van der Waals surface area contributed by atoms with E-state index in [9.17, 15) is 17.6 Å². The van der Waals surface area contributed by atoms with Crippen LogP contribution in [0.1, 0.15) is 22.0 Å². The fourth-order valence-electron chi connectivity index (χ4n) is 3.17. The van der Waals surface area contributed by atoms with Crippen molar-refractivity contribution in [2.24, 2.45) is 0 Å². The molecule has 0 heterocycles.